The maximum absolute atomic E-state index is 8.74. The van der Waals surface area contributed by atoms with Crippen LogP contribution in [-0.4, -0.2) is 17.5 Å². The molecule has 0 unspecified atom stereocenters. The Labute approximate surface area is 104 Å². The summed E-state index contributed by atoms with van der Waals surface area (Å²) in [4.78, 5) is 0. The average molecular weight is 235 g/mol. The molecule has 7 heteroatoms. The molecule has 0 fully saturated rings. The summed E-state index contributed by atoms with van der Waals surface area (Å²) in [6, 6.07) is 0. The summed E-state index contributed by atoms with van der Waals surface area (Å²) in [5.74, 6) is 0. The van der Waals surface area contributed by atoms with E-state index in [4.69, 9.17) is 17.5 Å². The van der Waals surface area contributed by atoms with Gasteiger partial charge in [-0.2, -0.15) is 8.42 Å². The van der Waals surface area contributed by atoms with Gasteiger partial charge in [0, 0.05) is 18.6 Å². The van der Waals surface area contributed by atoms with Gasteiger partial charge in [-0.25, -0.2) is 0 Å². The van der Waals surface area contributed by atoms with Crippen molar-refractivity contribution in [2.75, 3.05) is 0 Å². The van der Waals surface area contributed by atoms with Crippen LogP contribution in [-0.2, 0) is 29.0 Å². The zero-order valence-electron chi connectivity index (χ0n) is 4.57. The molecule has 0 aromatic carbocycles. The fourth-order valence-corrected chi connectivity index (χ4v) is 0. The second kappa shape index (κ2) is 6.38. The van der Waals surface area contributed by atoms with E-state index in [1.54, 1.807) is 0 Å². The Balaban J connectivity index is -0.0000000267. The summed E-state index contributed by atoms with van der Waals surface area (Å²) in [5, 5.41) is 0. The maximum Gasteiger partial charge on any atom is 1.00 e. The van der Waals surface area contributed by atoms with Gasteiger partial charge in [0.25, 0.3) is 0 Å². The van der Waals surface area contributed by atoms with Gasteiger partial charge in [-0.15, -0.1) is 0 Å². The van der Waals surface area contributed by atoms with Gasteiger partial charge in [0.2, 0.25) is 0 Å². The zero-order chi connectivity index (χ0) is 4.50. The molecule has 0 aliphatic heterocycles. The normalized spacial score (nSPS) is 8.29. The van der Waals surface area contributed by atoms with Crippen LogP contribution >= 0.6 is 0 Å². The zero-order valence-corrected chi connectivity index (χ0v) is 10.7. The molecule has 0 rings (SSSR count). The summed E-state index contributed by atoms with van der Waals surface area (Å²) in [6.07, 6.45) is 0. The summed E-state index contributed by atoms with van der Waals surface area (Å²) in [5.41, 5.74) is 0. The SMILES string of the molecule is O=S(=O)(O)O.[H-].[Rb+].[V]. The van der Waals surface area contributed by atoms with Crippen molar-refractivity contribution in [2.45, 2.75) is 0 Å². The minimum atomic E-state index is -4.67. The maximum atomic E-state index is 8.74. The van der Waals surface area contributed by atoms with Crippen LogP contribution in [0.2, 0.25) is 0 Å². The van der Waals surface area contributed by atoms with E-state index in [9.17, 15) is 0 Å². The van der Waals surface area contributed by atoms with Crippen LogP contribution in [0.25, 0.3) is 0 Å². The van der Waals surface area contributed by atoms with Crippen LogP contribution in [0.5, 0.6) is 0 Å². The van der Waals surface area contributed by atoms with E-state index in [2.05, 4.69) is 0 Å². The second-order valence-corrected chi connectivity index (χ2v) is 1.34. The predicted octanol–water partition coefficient (Wildman–Crippen LogP) is -3.54. The van der Waals surface area contributed by atoms with E-state index in [1.165, 1.54) is 0 Å². The molecule has 39 valence electrons. The molecule has 0 aliphatic rings. The molecular formula is H3O4RbSV. The van der Waals surface area contributed by atoms with Crippen LogP contribution in [0.15, 0.2) is 0 Å². The first kappa shape index (κ1) is 16.1. The molecular weight excluding hydrogens is 232 g/mol. The molecule has 0 aromatic rings. The monoisotopic (exact) mass is 235 g/mol. The quantitative estimate of drug-likeness (QED) is 0.427. The third-order valence-corrected chi connectivity index (χ3v) is 0. The third-order valence-electron chi connectivity index (χ3n) is 0. The largest absolute Gasteiger partial charge is 1.00 e. The first-order valence-electron chi connectivity index (χ1n) is 0.698. The molecule has 0 amide bonds. The van der Waals surface area contributed by atoms with Crippen molar-refractivity contribution in [2.24, 2.45) is 0 Å². The number of hydrogen-bond donors (Lipinski definition) is 2. The first-order chi connectivity index (χ1) is 2.00. The topological polar surface area (TPSA) is 74.6 Å². The van der Waals surface area contributed by atoms with Gasteiger partial charge in [-0.3, -0.25) is 9.11 Å². The van der Waals surface area contributed by atoms with Crippen molar-refractivity contribution in [1.82, 2.24) is 0 Å². The Hall–Kier alpha value is 2.26. The summed E-state index contributed by atoms with van der Waals surface area (Å²) >= 11 is 0. The van der Waals surface area contributed by atoms with Crippen molar-refractivity contribution >= 4 is 10.4 Å². The van der Waals surface area contributed by atoms with Crippen LogP contribution in [0.1, 0.15) is 1.43 Å². The van der Waals surface area contributed by atoms with Crippen molar-refractivity contribution < 1.29 is 95.7 Å². The van der Waals surface area contributed by atoms with E-state index >= 15 is 0 Å². The Kier molecular flexibility index (Phi) is 14.7. The minimum absolute atomic E-state index is 0. The molecule has 7 heavy (non-hydrogen) atoms. The Morgan fingerprint density at radius 1 is 1.29 bits per heavy atom. The fraction of sp³-hybridized carbons (Fsp3) is 0. The molecule has 0 saturated heterocycles. The molecule has 2 N–H and O–H groups in total. The molecule has 0 spiro atoms. The first-order valence-corrected chi connectivity index (χ1v) is 2.10. The van der Waals surface area contributed by atoms with Gasteiger partial charge >= 0.3 is 68.6 Å². The van der Waals surface area contributed by atoms with Crippen LogP contribution in [0, 0.1) is 0 Å². The van der Waals surface area contributed by atoms with E-state index in [1.807, 2.05) is 0 Å². The molecule has 0 saturated carbocycles. The van der Waals surface area contributed by atoms with Crippen molar-refractivity contribution in [1.29, 1.82) is 0 Å². The van der Waals surface area contributed by atoms with E-state index in [0.29, 0.717) is 0 Å². The standard InChI is InChI=1S/H2O4S.Rb.V.H/c1-5(2,3)4;;;/h(H2,1,2,3,4);;;/q;+1;;-1. The van der Waals surface area contributed by atoms with Gasteiger partial charge in [-0.05, 0) is 0 Å². The van der Waals surface area contributed by atoms with Crippen molar-refractivity contribution in [3.63, 3.8) is 0 Å². The van der Waals surface area contributed by atoms with Crippen LogP contribution in [0.3, 0.4) is 0 Å². The van der Waals surface area contributed by atoms with E-state index < -0.39 is 10.4 Å². The molecule has 0 aliphatic carbocycles. The number of hydrogen-bond acceptors (Lipinski definition) is 2. The molecule has 0 aromatic heterocycles. The van der Waals surface area contributed by atoms with Gasteiger partial charge in [0.15, 0.2) is 0 Å². The molecule has 0 bridgehead atoms. The predicted molar refractivity (Wildman–Crippen MR) is 15.3 cm³/mol. The van der Waals surface area contributed by atoms with Gasteiger partial charge < -0.3 is 1.43 Å². The Morgan fingerprint density at radius 3 is 1.29 bits per heavy atom. The van der Waals surface area contributed by atoms with Crippen LogP contribution < -0.4 is 58.2 Å². The third kappa shape index (κ3) is 63.4. The molecule has 0 atom stereocenters. The summed E-state index contributed by atoms with van der Waals surface area (Å²) in [6.45, 7) is 0. The smallest absolute Gasteiger partial charge is 1.00 e. The van der Waals surface area contributed by atoms with Crippen molar-refractivity contribution in [3.05, 3.63) is 0 Å². The van der Waals surface area contributed by atoms with Gasteiger partial charge in [0.1, 0.15) is 0 Å². The molecule has 4 nitrogen and oxygen atoms in total. The van der Waals surface area contributed by atoms with E-state index in [-0.39, 0.29) is 78.2 Å². The fourth-order valence-electron chi connectivity index (χ4n) is 0. The van der Waals surface area contributed by atoms with Gasteiger partial charge in [0.05, 0.1) is 0 Å². The number of rotatable bonds is 0. The van der Waals surface area contributed by atoms with E-state index in [0.717, 1.165) is 0 Å². The molecule has 1 radical (unpaired) electrons. The van der Waals surface area contributed by atoms with Gasteiger partial charge in [-0.1, -0.05) is 0 Å². The summed E-state index contributed by atoms with van der Waals surface area (Å²) < 4.78 is 31.6. The minimum Gasteiger partial charge on any atom is -1.00 e. The molecule has 0 heterocycles. The summed E-state index contributed by atoms with van der Waals surface area (Å²) in [7, 11) is -4.67. The van der Waals surface area contributed by atoms with Crippen molar-refractivity contribution in [3.8, 4) is 0 Å². The Bertz CT molecular complexity index is 99.2. The second-order valence-electron chi connectivity index (χ2n) is 0.448. The Morgan fingerprint density at radius 2 is 1.29 bits per heavy atom. The average Bonchev–Trinajstić information content (AvgIpc) is 0.722. The van der Waals surface area contributed by atoms with Crippen LogP contribution in [0.4, 0.5) is 0 Å².